The quantitative estimate of drug-likeness (QED) is 0.778. The van der Waals surface area contributed by atoms with Gasteiger partial charge in [-0.1, -0.05) is 19.1 Å². The minimum atomic E-state index is -1.09. The molecule has 1 aliphatic carbocycles. The number of benzene rings is 1. The van der Waals surface area contributed by atoms with E-state index in [-0.39, 0.29) is 5.91 Å². The highest BCUT2D eigenvalue weighted by atomic mass is 32.1. The molecule has 1 unspecified atom stereocenters. The van der Waals surface area contributed by atoms with Crippen LogP contribution in [0.5, 0.6) is 0 Å². The van der Waals surface area contributed by atoms with E-state index in [9.17, 15) is 14.4 Å². The first-order chi connectivity index (χ1) is 13.8. The molecule has 1 atom stereocenters. The maximum Gasteiger partial charge on any atom is 0.348 e. The van der Waals surface area contributed by atoms with Gasteiger partial charge in [0.05, 0.1) is 11.4 Å². The van der Waals surface area contributed by atoms with Crippen molar-refractivity contribution in [3.05, 3.63) is 45.6 Å². The third-order valence-electron chi connectivity index (χ3n) is 5.61. The third-order valence-corrected chi connectivity index (χ3v) is 6.83. The molecule has 1 aromatic carbocycles. The molecule has 0 spiro atoms. The van der Waals surface area contributed by atoms with Crippen molar-refractivity contribution in [1.29, 1.82) is 0 Å². The molecule has 4 rings (SSSR count). The van der Waals surface area contributed by atoms with Crippen molar-refractivity contribution in [3.63, 3.8) is 0 Å². The number of rotatable bonds is 3. The molecule has 29 heavy (non-hydrogen) atoms. The number of fused-ring (bicyclic) bond motifs is 2. The van der Waals surface area contributed by atoms with Crippen LogP contribution in [0.2, 0.25) is 0 Å². The Morgan fingerprint density at radius 2 is 2.07 bits per heavy atom. The standard InChI is InChI=1S/C22H24N2O4S/c1-13-8-9-17-14(10-13)11-18(29-17)20(26)28-12-19(25)24-16-7-5-4-6-15(16)23-21(27)22(24,2)3/h4-7,11,13H,8-10,12H2,1-3H3,(H,23,27). The first kappa shape index (κ1) is 19.6. The van der Waals surface area contributed by atoms with Gasteiger partial charge in [-0.15, -0.1) is 11.3 Å². The summed E-state index contributed by atoms with van der Waals surface area (Å²) in [4.78, 5) is 41.2. The molecule has 2 aromatic rings. The van der Waals surface area contributed by atoms with Gasteiger partial charge in [-0.2, -0.15) is 0 Å². The molecular formula is C22H24N2O4S. The summed E-state index contributed by atoms with van der Waals surface area (Å²) >= 11 is 1.46. The van der Waals surface area contributed by atoms with Crippen LogP contribution in [0.15, 0.2) is 30.3 Å². The second kappa shape index (κ2) is 7.30. The fourth-order valence-corrected chi connectivity index (χ4v) is 5.07. The lowest BCUT2D eigenvalue weighted by Gasteiger charge is -2.41. The van der Waals surface area contributed by atoms with Crippen LogP contribution in [0.25, 0.3) is 0 Å². The first-order valence-corrected chi connectivity index (χ1v) is 10.6. The van der Waals surface area contributed by atoms with Gasteiger partial charge in [0.1, 0.15) is 10.4 Å². The molecule has 2 heterocycles. The molecule has 0 fully saturated rings. The number of hydrogen-bond donors (Lipinski definition) is 1. The van der Waals surface area contributed by atoms with Crippen LogP contribution in [-0.4, -0.2) is 29.9 Å². The SMILES string of the molecule is CC1CCc2sc(C(=O)OCC(=O)N3c4ccccc4NC(=O)C3(C)C)cc2C1. The van der Waals surface area contributed by atoms with E-state index < -0.39 is 24.0 Å². The number of nitrogens with one attached hydrogen (secondary N) is 1. The van der Waals surface area contributed by atoms with Gasteiger partial charge >= 0.3 is 5.97 Å². The number of carbonyl (C=O) groups is 3. The average molecular weight is 413 g/mol. The Balaban J connectivity index is 1.49. The van der Waals surface area contributed by atoms with E-state index in [0.717, 1.165) is 19.3 Å². The lowest BCUT2D eigenvalue weighted by molar-refractivity contribution is -0.128. The fourth-order valence-electron chi connectivity index (χ4n) is 3.97. The Labute approximate surface area is 173 Å². The number of hydrogen-bond acceptors (Lipinski definition) is 5. The molecule has 1 aromatic heterocycles. The summed E-state index contributed by atoms with van der Waals surface area (Å²) in [5, 5.41) is 2.82. The number of anilines is 2. The van der Waals surface area contributed by atoms with Crippen LogP contribution in [0.1, 0.15) is 47.3 Å². The van der Waals surface area contributed by atoms with E-state index in [1.54, 1.807) is 38.1 Å². The minimum absolute atomic E-state index is 0.282. The highest BCUT2D eigenvalue weighted by Crippen LogP contribution is 2.37. The normalized spacial score (nSPS) is 19.8. The summed E-state index contributed by atoms with van der Waals surface area (Å²) < 4.78 is 5.34. The van der Waals surface area contributed by atoms with E-state index in [2.05, 4.69) is 12.2 Å². The highest BCUT2D eigenvalue weighted by Gasteiger charge is 2.43. The van der Waals surface area contributed by atoms with Crippen molar-refractivity contribution in [1.82, 2.24) is 0 Å². The average Bonchev–Trinajstić information content (AvgIpc) is 3.10. The van der Waals surface area contributed by atoms with E-state index in [1.165, 1.54) is 26.7 Å². The van der Waals surface area contributed by atoms with Gasteiger partial charge in [-0.25, -0.2) is 4.79 Å². The number of carbonyl (C=O) groups excluding carboxylic acids is 3. The van der Waals surface area contributed by atoms with Gasteiger partial charge in [0.25, 0.3) is 5.91 Å². The van der Waals surface area contributed by atoms with Crippen molar-refractivity contribution in [2.75, 3.05) is 16.8 Å². The molecule has 0 bridgehead atoms. The molecule has 2 amide bonds. The molecular weight excluding hydrogens is 388 g/mol. The Hall–Kier alpha value is -2.67. The van der Waals surface area contributed by atoms with Gasteiger partial charge in [0, 0.05) is 4.88 Å². The van der Waals surface area contributed by atoms with E-state index in [1.807, 2.05) is 6.07 Å². The molecule has 0 saturated heterocycles. The second-order valence-electron chi connectivity index (χ2n) is 8.24. The Kier molecular flexibility index (Phi) is 4.94. The zero-order chi connectivity index (χ0) is 20.8. The molecule has 1 aliphatic heterocycles. The van der Waals surface area contributed by atoms with Gasteiger partial charge in [0.2, 0.25) is 5.91 Å². The van der Waals surface area contributed by atoms with Crippen molar-refractivity contribution in [3.8, 4) is 0 Å². The van der Waals surface area contributed by atoms with Gasteiger partial charge in [0.15, 0.2) is 6.61 Å². The number of esters is 1. The van der Waals surface area contributed by atoms with E-state index in [4.69, 9.17) is 4.74 Å². The maximum atomic E-state index is 13.0. The Bertz CT molecular complexity index is 994. The fraction of sp³-hybridized carbons (Fsp3) is 0.409. The van der Waals surface area contributed by atoms with Crippen LogP contribution in [0.3, 0.4) is 0 Å². The number of nitrogens with zero attached hydrogens (tertiary/aromatic N) is 1. The number of aryl methyl sites for hydroxylation is 1. The Morgan fingerprint density at radius 3 is 2.86 bits per heavy atom. The number of para-hydroxylation sites is 2. The number of amides is 2. The summed E-state index contributed by atoms with van der Waals surface area (Å²) in [5.41, 5.74) is 1.29. The highest BCUT2D eigenvalue weighted by molar-refractivity contribution is 7.14. The molecule has 7 heteroatoms. The van der Waals surface area contributed by atoms with Crippen molar-refractivity contribution in [2.24, 2.45) is 5.92 Å². The molecule has 0 saturated carbocycles. The van der Waals surface area contributed by atoms with Crippen LogP contribution in [0.4, 0.5) is 11.4 Å². The largest absolute Gasteiger partial charge is 0.451 e. The maximum absolute atomic E-state index is 13.0. The molecule has 152 valence electrons. The van der Waals surface area contributed by atoms with Crippen LogP contribution in [0, 0.1) is 5.92 Å². The van der Waals surface area contributed by atoms with Crippen LogP contribution >= 0.6 is 11.3 Å². The molecule has 1 N–H and O–H groups in total. The molecule has 2 aliphatic rings. The molecule has 6 nitrogen and oxygen atoms in total. The monoisotopic (exact) mass is 412 g/mol. The van der Waals surface area contributed by atoms with Crippen LogP contribution in [-0.2, 0) is 27.2 Å². The second-order valence-corrected chi connectivity index (χ2v) is 9.38. The lowest BCUT2D eigenvalue weighted by atomic mass is 9.90. The third kappa shape index (κ3) is 3.55. The van der Waals surface area contributed by atoms with Crippen molar-refractivity contribution >= 4 is 40.5 Å². The minimum Gasteiger partial charge on any atom is -0.451 e. The predicted octanol–water partition coefficient (Wildman–Crippen LogP) is 3.79. The summed E-state index contributed by atoms with van der Waals surface area (Å²) in [6.45, 7) is 5.15. The summed E-state index contributed by atoms with van der Waals surface area (Å²) in [7, 11) is 0. The predicted molar refractivity (Wildman–Crippen MR) is 112 cm³/mol. The molecule has 0 radical (unpaired) electrons. The summed E-state index contributed by atoms with van der Waals surface area (Å²) in [5.74, 6) is -0.579. The van der Waals surface area contributed by atoms with Crippen LogP contribution < -0.4 is 10.2 Å². The number of thiophene rings is 1. The topological polar surface area (TPSA) is 75.7 Å². The smallest absolute Gasteiger partial charge is 0.348 e. The summed E-state index contributed by atoms with van der Waals surface area (Å²) in [6, 6.07) is 9.00. The van der Waals surface area contributed by atoms with Gasteiger partial charge in [-0.3, -0.25) is 14.5 Å². The van der Waals surface area contributed by atoms with Gasteiger partial charge < -0.3 is 10.1 Å². The Morgan fingerprint density at radius 1 is 1.31 bits per heavy atom. The van der Waals surface area contributed by atoms with E-state index >= 15 is 0 Å². The lowest BCUT2D eigenvalue weighted by Crippen LogP contribution is -2.59. The zero-order valence-corrected chi connectivity index (χ0v) is 17.6. The van der Waals surface area contributed by atoms with E-state index in [0.29, 0.717) is 22.2 Å². The first-order valence-electron chi connectivity index (χ1n) is 9.79. The summed E-state index contributed by atoms with van der Waals surface area (Å²) in [6.07, 6.45) is 3.10. The van der Waals surface area contributed by atoms with Gasteiger partial charge in [-0.05, 0) is 62.8 Å². The zero-order valence-electron chi connectivity index (χ0n) is 16.8. The van der Waals surface area contributed by atoms with Crippen molar-refractivity contribution in [2.45, 2.75) is 45.6 Å². The number of ether oxygens (including phenoxy) is 1. The van der Waals surface area contributed by atoms with Crippen molar-refractivity contribution < 1.29 is 19.1 Å².